The number of hydrogen-bond acceptors (Lipinski definition) is 2. The smallest absolute Gasteiger partial charge is 0.150 e. The molecule has 0 bridgehead atoms. The number of ether oxygens (including phenoxy) is 1. The molecule has 1 aliphatic carbocycles. The Morgan fingerprint density at radius 3 is 2.82 bits per heavy atom. The number of fused-ring (bicyclic) bond motifs is 2. The molecule has 22 heavy (non-hydrogen) atoms. The quantitative estimate of drug-likeness (QED) is 0.763. The van der Waals surface area contributed by atoms with Crippen molar-refractivity contribution in [3.8, 4) is 11.4 Å². The molecule has 1 aromatic heterocycles. The molecule has 0 fully saturated rings. The van der Waals surface area contributed by atoms with Gasteiger partial charge in [0, 0.05) is 17.5 Å². The fraction of sp³-hybridized carbons (Fsp3) is 0.438. The van der Waals surface area contributed by atoms with Crippen molar-refractivity contribution >= 4 is 23.2 Å². The maximum atomic E-state index is 14.6. The Morgan fingerprint density at radius 2 is 2.05 bits per heavy atom. The monoisotopic (exact) mass is 340 g/mol. The molecule has 0 radical (unpaired) electrons. The maximum absolute atomic E-state index is 14.6. The van der Waals surface area contributed by atoms with Gasteiger partial charge in [-0.3, -0.25) is 0 Å². The van der Waals surface area contributed by atoms with Gasteiger partial charge in [0.1, 0.15) is 22.7 Å². The molecule has 2 heterocycles. The molecule has 1 atom stereocenters. The third kappa shape index (κ3) is 2.04. The molecule has 116 valence electrons. The van der Waals surface area contributed by atoms with Crippen LogP contribution in [0, 0.1) is 5.82 Å². The molecule has 1 aliphatic heterocycles. The van der Waals surface area contributed by atoms with E-state index < -0.39 is 5.82 Å². The second kappa shape index (κ2) is 5.14. The van der Waals surface area contributed by atoms with Crippen LogP contribution in [0.25, 0.3) is 5.69 Å². The standard InChI is InChI=1S/C16H15Cl2FN2O/c1-8-6-10-14(12(19)7-11(17)15(10)22-8)21-16(18)9-4-2-3-5-13(9)20-21/h7-8H,2-6H2,1H3. The summed E-state index contributed by atoms with van der Waals surface area (Å²) in [6.45, 7) is 1.94. The molecular formula is C16H15Cl2FN2O. The van der Waals surface area contributed by atoms with Crippen molar-refractivity contribution in [1.82, 2.24) is 9.78 Å². The van der Waals surface area contributed by atoms with Crippen molar-refractivity contribution in [3.05, 3.63) is 38.9 Å². The minimum Gasteiger partial charge on any atom is -0.488 e. The largest absolute Gasteiger partial charge is 0.488 e. The van der Waals surface area contributed by atoms with E-state index in [0.29, 0.717) is 28.0 Å². The Bertz CT molecular complexity index is 772. The lowest BCUT2D eigenvalue weighted by Gasteiger charge is -2.11. The molecule has 0 N–H and O–H groups in total. The van der Waals surface area contributed by atoms with Gasteiger partial charge < -0.3 is 4.74 Å². The summed E-state index contributed by atoms with van der Waals surface area (Å²) in [5, 5.41) is 5.37. The third-order valence-electron chi connectivity index (χ3n) is 4.37. The van der Waals surface area contributed by atoms with Crippen molar-refractivity contribution in [2.24, 2.45) is 0 Å². The number of nitrogens with zero attached hydrogens (tertiary/aromatic N) is 2. The van der Waals surface area contributed by atoms with E-state index in [-0.39, 0.29) is 6.10 Å². The fourth-order valence-electron chi connectivity index (χ4n) is 3.38. The van der Waals surface area contributed by atoms with Crippen LogP contribution in [0.5, 0.6) is 5.75 Å². The minimum absolute atomic E-state index is 0.0305. The van der Waals surface area contributed by atoms with E-state index in [1.165, 1.54) is 10.7 Å². The number of rotatable bonds is 1. The van der Waals surface area contributed by atoms with Crippen LogP contribution < -0.4 is 4.74 Å². The highest BCUT2D eigenvalue weighted by molar-refractivity contribution is 6.32. The Labute approximate surface area is 138 Å². The van der Waals surface area contributed by atoms with E-state index in [2.05, 4.69) is 5.10 Å². The van der Waals surface area contributed by atoms with E-state index in [1.54, 1.807) is 0 Å². The zero-order chi connectivity index (χ0) is 15.4. The number of halogens is 3. The van der Waals surface area contributed by atoms with Crippen LogP contribution in [-0.4, -0.2) is 15.9 Å². The average molecular weight is 341 g/mol. The molecule has 4 rings (SSSR count). The first-order chi connectivity index (χ1) is 10.6. The summed E-state index contributed by atoms with van der Waals surface area (Å²) in [6, 6.07) is 1.28. The van der Waals surface area contributed by atoms with Gasteiger partial charge in [-0.25, -0.2) is 9.07 Å². The molecule has 0 spiro atoms. The summed E-state index contributed by atoms with van der Waals surface area (Å²) >= 11 is 12.6. The molecule has 6 heteroatoms. The van der Waals surface area contributed by atoms with Crippen LogP contribution in [0.3, 0.4) is 0 Å². The second-order valence-electron chi connectivity index (χ2n) is 5.96. The summed E-state index contributed by atoms with van der Waals surface area (Å²) < 4.78 is 21.8. The molecule has 1 aromatic carbocycles. The summed E-state index contributed by atoms with van der Waals surface area (Å²) in [4.78, 5) is 0. The van der Waals surface area contributed by atoms with E-state index >= 15 is 0 Å². The Hall–Kier alpha value is -1.26. The molecule has 2 aromatic rings. The van der Waals surface area contributed by atoms with Crippen LogP contribution in [0.1, 0.15) is 36.6 Å². The van der Waals surface area contributed by atoms with Gasteiger partial charge in [0.05, 0.1) is 10.7 Å². The third-order valence-corrected chi connectivity index (χ3v) is 5.04. The summed E-state index contributed by atoms with van der Waals surface area (Å²) in [5.41, 5.74) is 3.15. The first-order valence-electron chi connectivity index (χ1n) is 7.50. The van der Waals surface area contributed by atoms with Crippen molar-refractivity contribution in [2.75, 3.05) is 0 Å². The van der Waals surface area contributed by atoms with Gasteiger partial charge in [-0.05, 0) is 38.7 Å². The van der Waals surface area contributed by atoms with Crippen LogP contribution in [0.15, 0.2) is 6.07 Å². The molecule has 0 amide bonds. The summed E-state index contributed by atoms with van der Waals surface area (Å²) in [7, 11) is 0. The predicted molar refractivity (Wildman–Crippen MR) is 84.0 cm³/mol. The van der Waals surface area contributed by atoms with Gasteiger partial charge in [-0.15, -0.1) is 0 Å². The zero-order valence-electron chi connectivity index (χ0n) is 12.1. The number of aryl methyl sites for hydroxylation is 1. The van der Waals surface area contributed by atoms with Gasteiger partial charge >= 0.3 is 0 Å². The lowest BCUT2D eigenvalue weighted by atomic mass is 9.98. The summed E-state index contributed by atoms with van der Waals surface area (Å²) in [6.07, 6.45) is 4.56. The SMILES string of the molecule is CC1Cc2c(c(Cl)cc(F)c2-n2nc3c(c2Cl)CCCC3)O1. The van der Waals surface area contributed by atoms with Gasteiger partial charge in [0.25, 0.3) is 0 Å². The van der Waals surface area contributed by atoms with E-state index in [0.717, 1.165) is 42.5 Å². The van der Waals surface area contributed by atoms with Gasteiger partial charge in [0.2, 0.25) is 0 Å². The van der Waals surface area contributed by atoms with Crippen molar-refractivity contribution in [1.29, 1.82) is 0 Å². The van der Waals surface area contributed by atoms with E-state index in [4.69, 9.17) is 27.9 Å². The predicted octanol–water partition coefficient (Wildman–Crippen LogP) is 4.52. The Kier molecular flexibility index (Phi) is 3.35. The molecule has 0 saturated carbocycles. The van der Waals surface area contributed by atoms with Gasteiger partial charge in [-0.2, -0.15) is 5.10 Å². The molecular weight excluding hydrogens is 326 g/mol. The van der Waals surface area contributed by atoms with Crippen molar-refractivity contribution in [3.63, 3.8) is 0 Å². The topological polar surface area (TPSA) is 27.1 Å². The van der Waals surface area contributed by atoms with Gasteiger partial charge in [-0.1, -0.05) is 23.2 Å². The molecule has 3 nitrogen and oxygen atoms in total. The minimum atomic E-state index is -0.414. The van der Waals surface area contributed by atoms with Crippen molar-refractivity contribution in [2.45, 2.75) is 45.1 Å². The van der Waals surface area contributed by atoms with E-state index in [1.807, 2.05) is 6.92 Å². The lowest BCUT2D eigenvalue weighted by Crippen LogP contribution is -2.07. The molecule has 2 aliphatic rings. The number of aromatic nitrogens is 2. The van der Waals surface area contributed by atoms with Gasteiger partial charge in [0.15, 0.2) is 5.82 Å². The van der Waals surface area contributed by atoms with Crippen LogP contribution in [0.2, 0.25) is 10.2 Å². The zero-order valence-corrected chi connectivity index (χ0v) is 13.6. The Morgan fingerprint density at radius 1 is 1.27 bits per heavy atom. The fourth-order valence-corrected chi connectivity index (χ4v) is 3.96. The normalized spacial score (nSPS) is 19.7. The molecule has 1 unspecified atom stereocenters. The first kappa shape index (κ1) is 14.3. The van der Waals surface area contributed by atoms with Crippen LogP contribution in [-0.2, 0) is 19.3 Å². The summed E-state index contributed by atoms with van der Waals surface area (Å²) in [5.74, 6) is 0.137. The highest BCUT2D eigenvalue weighted by Crippen LogP contribution is 2.42. The maximum Gasteiger partial charge on any atom is 0.150 e. The highest BCUT2D eigenvalue weighted by atomic mass is 35.5. The first-order valence-corrected chi connectivity index (χ1v) is 8.26. The average Bonchev–Trinajstić information content (AvgIpc) is 3.01. The number of hydrogen-bond donors (Lipinski definition) is 0. The highest BCUT2D eigenvalue weighted by Gasteiger charge is 2.31. The van der Waals surface area contributed by atoms with Crippen LogP contribution in [0.4, 0.5) is 4.39 Å². The molecule has 0 saturated heterocycles. The lowest BCUT2D eigenvalue weighted by molar-refractivity contribution is 0.255. The second-order valence-corrected chi connectivity index (χ2v) is 6.73. The Balaban J connectivity index is 1.95. The van der Waals surface area contributed by atoms with Crippen molar-refractivity contribution < 1.29 is 9.13 Å². The van der Waals surface area contributed by atoms with E-state index in [9.17, 15) is 4.39 Å². The number of benzene rings is 1. The van der Waals surface area contributed by atoms with Crippen LogP contribution >= 0.6 is 23.2 Å².